The van der Waals surface area contributed by atoms with Crippen LogP contribution in [-0.2, 0) is 20.9 Å². The molecule has 0 N–H and O–H groups in total. The quantitative estimate of drug-likeness (QED) is 0.707. The summed E-state index contributed by atoms with van der Waals surface area (Å²) in [4.78, 5) is 24.7. The third-order valence-electron chi connectivity index (χ3n) is 3.02. The summed E-state index contributed by atoms with van der Waals surface area (Å²) in [5, 5.41) is 4.31. The number of amides is 1. The molecule has 0 bridgehead atoms. The minimum Gasteiger partial charge on any atom is -0.466 e. The van der Waals surface area contributed by atoms with E-state index in [-0.39, 0.29) is 18.3 Å². The van der Waals surface area contributed by atoms with Crippen molar-refractivity contribution in [1.82, 2.24) is 14.7 Å². The third-order valence-corrected chi connectivity index (χ3v) is 3.02. The number of hydrogen-bond donors (Lipinski definition) is 0. The molecule has 0 saturated carbocycles. The van der Waals surface area contributed by atoms with Gasteiger partial charge in [0.15, 0.2) is 0 Å². The van der Waals surface area contributed by atoms with Crippen molar-refractivity contribution in [2.24, 2.45) is 0 Å². The Bertz CT molecular complexity index is 468. The molecule has 0 aliphatic heterocycles. The Morgan fingerprint density at radius 2 is 2.05 bits per heavy atom. The van der Waals surface area contributed by atoms with Gasteiger partial charge in [-0.3, -0.25) is 14.3 Å². The Hall–Kier alpha value is -1.85. The Labute approximate surface area is 119 Å². The fraction of sp³-hybridized carbons (Fsp3) is 0.643. The van der Waals surface area contributed by atoms with Crippen LogP contribution in [0.3, 0.4) is 0 Å². The number of nitrogens with zero attached hydrogens (tertiary/aromatic N) is 3. The zero-order valence-electron chi connectivity index (χ0n) is 12.7. The summed E-state index contributed by atoms with van der Waals surface area (Å²) < 4.78 is 6.65. The van der Waals surface area contributed by atoms with Crippen molar-refractivity contribution in [2.45, 2.75) is 40.2 Å². The molecule has 0 aliphatic carbocycles. The first-order valence-electron chi connectivity index (χ1n) is 6.84. The van der Waals surface area contributed by atoms with Gasteiger partial charge in [0.05, 0.1) is 18.7 Å². The number of hydrogen-bond acceptors (Lipinski definition) is 4. The number of ether oxygens (including phenoxy) is 1. The number of rotatable bonds is 7. The van der Waals surface area contributed by atoms with Crippen molar-refractivity contribution < 1.29 is 14.3 Å². The van der Waals surface area contributed by atoms with E-state index >= 15 is 0 Å². The molecule has 1 amide bonds. The first kappa shape index (κ1) is 16.2. The van der Waals surface area contributed by atoms with Gasteiger partial charge >= 0.3 is 5.97 Å². The first-order valence-corrected chi connectivity index (χ1v) is 6.84. The fourth-order valence-corrected chi connectivity index (χ4v) is 1.91. The fourth-order valence-electron chi connectivity index (χ4n) is 1.91. The molecule has 0 aromatic carbocycles. The van der Waals surface area contributed by atoms with Gasteiger partial charge in [-0.15, -0.1) is 0 Å². The van der Waals surface area contributed by atoms with Crippen molar-refractivity contribution in [3.63, 3.8) is 0 Å². The monoisotopic (exact) mass is 281 g/mol. The number of aromatic nitrogens is 2. The predicted octanol–water partition coefficient (Wildman–Crippen LogP) is 1.30. The molecule has 0 atom stereocenters. The third kappa shape index (κ3) is 5.03. The SMILES string of the molecule is CCOC(=O)CCN(C)C(=O)CCn1nc(C)cc1C. The van der Waals surface area contributed by atoms with Crippen LogP contribution in [0.25, 0.3) is 0 Å². The summed E-state index contributed by atoms with van der Waals surface area (Å²) in [6, 6.07) is 1.98. The highest BCUT2D eigenvalue weighted by Gasteiger charge is 2.12. The molecule has 0 aliphatic rings. The van der Waals surface area contributed by atoms with E-state index in [2.05, 4.69) is 5.10 Å². The molecule has 6 nitrogen and oxygen atoms in total. The molecule has 1 heterocycles. The van der Waals surface area contributed by atoms with E-state index in [1.807, 2.05) is 24.6 Å². The van der Waals surface area contributed by atoms with Gasteiger partial charge in [-0.25, -0.2) is 0 Å². The minimum atomic E-state index is -0.273. The first-order chi connectivity index (χ1) is 9.43. The van der Waals surface area contributed by atoms with Crippen molar-refractivity contribution in [1.29, 1.82) is 0 Å². The highest BCUT2D eigenvalue weighted by Crippen LogP contribution is 2.04. The van der Waals surface area contributed by atoms with Crippen LogP contribution in [0.1, 0.15) is 31.2 Å². The topological polar surface area (TPSA) is 64.4 Å². The Morgan fingerprint density at radius 1 is 1.35 bits per heavy atom. The summed E-state index contributed by atoms with van der Waals surface area (Å²) in [6.45, 7) is 6.97. The van der Waals surface area contributed by atoms with Crippen molar-refractivity contribution in [3.05, 3.63) is 17.5 Å². The van der Waals surface area contributed by atoms with E-state index in [0.29, 0.717) is 26.1 Å². The molecule has 0 saturated heterocycles. The van der Waals surface area contributed by atoms with E-state index in [9.17, 15) is 9.59 Å². The molecule has 20 heavy (non-hydrogen) atoms. The molecule has 6 heteroatoms. The summed E-state index contributed by atoms with van der Waals surface area (Å²) in [5.41, 5.74) is 2.00. The van der Waals surface area contributed by atoms with Crippen molar-refractivity contribution in [2.75, 3.05) is 20.2 Å². The summed E-state index contributed by atoms with van der Waals surface area (Å²) >= 11 is 0. The molecule has 1 rings (SSSR count). The minimum absolute atomic E-state index is 0.00171. The van der Waals surface area contributed by atoms with Crippen LogP contribution in [0.5, 0.6) is 0 Å². The zero-order valence-corrected chi connectivity index (χ0v) is 12.7. The van der Waals surface area contributed by atoms with Crippen molar-refractivity contribution in [3.8, 4) is 0 Å². The van der Waals surface area contributed by atoms with E-state index in [0.717, 1.165) is 11.4 Å². The van der Waals surface area contributed by atoms with Crippen LogP contribution in [0.15, 0.2) is 6.07 Å². The van der Waals surface area contributed by atoms with E-state index in [1.54, 1.807) is 18.9 Å². The van der Waals surface area contributed by atoms with Crippen LogP contribution in [0.2, 0.25) is 0 Å². The zero-order chi connectivity index (χ0) is 15.1. The second kappa shape index (κ2) is 7.67. The van der Waals surface area contributed by atoms with Crippen LogP contribution in [0, 0.1) is 13.8 Å². The summed E-state index contributed by atoms with van der Waals surface area (Å²) in [6.07, 6.45) is 0.608. The molecule has 0 fully saturated rings. The van der Waals surface area contributed by atoms with Crippen molar-refractivity contribution >= 4 is 11.9 Å². The van der Waals surface area contributed by atoms with Gasteiger partial charge < -0.3 is 9.64 Å². The normalized spacial score (nSPS) is 10.4. The molecule has 1 aromatic rings. The Kier molecular flexibility index (Phi) is 6.21. The Balaban J connectivity index is 2.35. The standard InChI is InChI=1S/C14H23N3O3/c1-5-20-14(19)7-8-16(4)13(18)6-9-17-12(3)10-11(2)15-17/h10H,5-9H2,1-4H3. The molecule has 0 radical (unpaired) electrons. The van der Waals surface area contributed by atoms with Crippen LogP contribution in [0.4, 0.5) is 0 Å². The second-order valence-corrected chi connectivity index (χ2v) is 4.77. The van der Waals surface area contributed by atoms with Crippen LogP contribution < -0.4 is 0 Å². The summed E-state index contributed by atoms with van der Waals surface area (Å²) in [7, 11) is 1.70. The maximum atomic E-state index is 11.9. The molecule has 0 spiro atoms. The predicted molar refractivity (Wildman–Crippen MR) is 75.2 cm³/mol. The highest BCUT2D eigenvalue weighted by atomic mass is 16.5. The van der Waals surface area contributed by atoms with Gasteiger partial charge in [0.25, 0.3) is 0 Å². The number of carbonyl (C=O) groups excluding carboxylic acids is 2. The average Bonchev–Trinajstić information content (AvgIpc) is 2.71. The van der Waals surface area contributed by atoms with E-state index in [4.69, 9.17) is 4.74 Å². The number of aryl methyl sites for hydroxylation is 3. The lowest BCUT2D eigenvalue weighted by Crippen LogP contribution is -2.30. The highest BCUT2D eigenvalue weighted by molar-refractivity contribution is 5.77. The number of carbonyl (C=O) groups is 2. The lowest BCUT2D eigenvalue weighted by Gasteiger charge is -2.16. The Morgan fingerprint density at radius 3 is 2.60 bits per heavy atom. The molecule has 112 valence electrons. The molecule has 1 aromatic heterocycles. The molecular weight excluding hydrogens is 258 g/mol. The maximum Gasteiger partial charge on any atom is 0.307 e. The largest absolute Gasteiger partial charge is 0.466 e. The lowest BCUT2D eigenvalue weighted by molar-refractivity contribution is -0.143. The van der Waals surface area contributed by atoms with Gasteiger partial charge in [0, 0.05) is 32.3 Å². The molecular formula is C14H23N3O3. The van der Waals surface area contributed by atoms with Gasteiger partial charge in [-0.2, -0.15) is 5.10 Å². The summed E-state index contributed by atoms with van der Waals surface area (Å²) in [5.74, 6) is -0.271. The number of esters is 1. The average molecular weight is 281 g/mol. The van der Waals surface area contributed by atoms with E-state index in [1.165, 1.54) is 0 Å². The smallest absolute Gasteiger partial charge is 0.307 e. The van der Waals surface area contributed by atoms with Gasteiger partial charge in [0.1, 0.15) is 0 Å². The molecule has 0 unspecified atom stereocenters. The van der Waals surface area contributed by atoms with Crippen LogP contribution >= 0.6 is 0 Å². The van der Waals surface area contributed by atoms with E-state index < -0.39 is 0 Å². The van der Waals surface area contributed by atoms with Gasteiger partial charge in [-0.1, -0.05) is 0 Å². The van der Waals surface area contributed by atoms with Gasteiger partial charge in [-0.05, 0) is 26.8 Å². The maximum absolute atomic E-state index is 11.9. The lowest BCUT2D eigenvalue weighted by atomic mass is 10.3. The van der Waals surface area contributed by atoms with Crippen LogP contribution in [-0.4, -0.2) is 46.8 Å². The van der Waals surface area contributed by atoms with Gasteiger partial charge in [0.2, 0.25) is 5.91 Å². The second-order valence-electron chi connectivity index (χ2n) is 4.77.